The summed E-state index contributed by atoms with van der Waals surface area (Å²) in [4.78, 5) is 11.6. The fourth-order valence-electron chi connectivity index (χ4n) is 0.636. The fourth-order valence-corrected chi connectivity index (χ4v) is 1.60. The van der Waals surface area contributed by atoms with E-state index in [1.807, 2.05) is 6.07 Å². The molecule has 0 saturated carbocycles. The summed E-state index contributed by atoms with van der Waals surface area (Å²) < 4.78 is 5.13. The molecule has 2 nitrogen and oxygen atoms in total. The Labute approximate surface area is 79.4 Å². The topological polar surface area (TPSA) is 26.3 Å². The van der Waals surface area contributed by atoms with E-state index in [-0.39, 0.29) is 5.97 Å². The van der Waals surface area contributed by atoms with Gasteiger partial charge in [-0.3, -0.25) is 0 Å². The molecule has 0 aliphatic carbocycles. The molecule has 0 atom stereocenters. The monoisotopic (exact) mass is 202 g/mol. The molecule has 0 unspecified atom stereocenters. The first-order chi connectivity index (χ1) is 5.72. The van der Waals surface area contributed by atoms with Gasteiger partial charge in [-0.2, -0.15) is 0 Å². The minimum absolute atomic E-state index is 0.362. The van der Waals surface area contributed by atoms with Crippen molar-refractivity contribution >= 4 is 35.0 Å². The summed E-state index contributed by atoms with van der Waals surface area (Å²) in [5.74, 6) is -0.362. The number of carbonyl (C=O) groups is 1. The average molecular weight is 203 g/mol. The number of hydrogen-bond donors (Lipinski definition) is 0. The average Bonchev–Trinajstić information content (AvgIpc) is 2.47. The van der Waals surface area contributed by atoms with E-state index in [1.165, 1.54) is 24.5 Å². The van der Waals surface area contributed by atoms with Crippen molar-refractivity contribution in [2.45, 2.75) is 0 Å². The van der Waals surface area contributed by atoms with Crippen molar-refractivity contribution in [2.75, 3.05) is 7.11 Å². The maximum atomic E-state index is 10.7. The molecule has 0 fully saturated rings. The Hall–Kier alpha value is -0.800. The molecule has 1 rings (SSSR count). The molecule has 64 valence electrons. The zero-order valence-electron chi connectivity index (χ0n) is 6.41. The molecule has 0 aliphatic heterocycles. The highest BCUT2D eigenvalue weighted by molar-refractivity contribution is 7.17. The van der Waals surface area contributed by atoms with Crippen LogP contribution in [-0.2, 0) is 9.53 Å². The third-order valence-corrected chi connectivity index (χ3v) is 2.38. The van der Waals surface area contributed by atoms with Crippen molar-refractivity contribution in [1.82, 2.24) is 0 Å². The Morgan fingerprint density at radius 2 is 2.42 bits per heavy atom. The molecular formula is C8H7ClO2S. The van der Waals surface area contributed by atoms with E-state index < -0.39 is 0 Å². The molecule has 0 spiro atoms. The van der Waals surface area contributed by atoms with Crippen LogP contribution in [0.4, 0.5) is 0 Å². The zero-order valence-corrected chi connectivity index (χ0v) is 7.98. The lowest BCUT2D eigenvalue weighted by Gasteiger charge is -1.87. The van der Waals surface area contributed by atoms with Gasteiger partial charge in [0.25, 0.3) is 0 Å². The highest BCUT2D eigenvalue weighted by Crippen LogP contribution is 2.22. The van der Waals surface area contributed by atoms with E-state index in [1.54, 1.807) is 12.1 Å². The Morgan fingerprint density at radius 3 is 2.92 bits per heavy atom. The highest BCUT2D eigenvalue weighted by Gasteiger charge is 1.94. The quantitative estimate of drug-likeness (QED) is 0.544. The molecule has 0 bridgehead atoms. The number of methoxy groups -OCH3 is 1. The largest absolute Gasteiger partial charge is 0.466 e. The second-order valence-corrected chi connectivity index (χ2v) is 3.75. The lowest BCUT2D eigenvalue weighted by Crippen LogP contribution is -1.92. The predicted molar refractivity (Wildman–Crippen MR) is 50.4 cm³/mol. The van der Waals surface area contributed by atoms with Gasteiger partial charge in [0.1, 0.15) is 0 Å². The van der Waals surface area contributed by atoms with Crippen LogP contribution >= 0.6 is 22.9 Å². The Balaban J connectivity index is 2.63. The summed E-state index contributed by atoms with van der Waals surface area (Å²) in [6.45, 7) is 0. The molecule has 0 N–H and O–H groups in total. The number of ether oxygens (including phenoxy) is 1. The summed E-state index contributed by atoms with van der Waals surface area (Å²) in [5, 5.41) is 0. The lowest BCUT2D eigenvalue weighted by molar-refractivity contribution is -0.134. The second-order valence-electron chi connectivity index (χ2n) is 2.00. The van der Waals surface area contributed by atoms with Crippen LogP contribution in [0.3, 0.4) is 0 Å². The van der Waals surface area contributed by atoms with Gasteiger partial charge in [-0.15, -0.1) is 11.3 Å². The molecule has 0 aromatic carbocycles. The maximum Gasteiger partial charge on any atom is 0.330 e. The van der Waals surface area contributed by atoms with Gasteiger partial charge >= 0.3 is 5.97 Å². The van der Waals surface area contributed by atoms with Crippen molar-refractivity contribution in [3.63, 3.8) is 0 Å². The third-order valence-electron chi connectivity index (χ3n) is 1.18. The maximum absolute atomic E-state index is 10.7. The van der Waals surface area contributed by atoms with Crippen molar-refractivity contribution < 1.29 is 9.53 Å². The third kappa shape index (κ3) is 2.68. The molecule has 1 aromatic heterocycles. The Morgan fingerprint density at radius 1 is 1.67 bits per heavy atom. The van der Waals surface area contributed by atoms with Crippen LogP contribution in [-0.4, -0.2) is 13.1 Å². The van der Waals surface area contributed by atoms with Crippen molar-refractivity contribution in [3.8, 4) is 0 Å². The first-order valence-electron chi connectivity index (χ1n) is 3.24. The number of hydrogen-bond acceptors (Lipinski definition) is 3. The molecule has 12 heavy (non-hydrogen) atoms. The van der Waals surface area contributed by atoms with Gasteiger partial charge in [-0.05, 0) is 18.2 Å². The summed E-state index contributed by atoms with van der Waals surface area (Å²) >= 11 is 7.09. The number of carbonyl (C=O) groups excluding carboxylic acids is 1. The number of thiophene rings is 1. The smallest absolute Gasteiger partial charge is 0.330 e. The summed E-state index contributed by atoms with van der Waals surface area (Å²) in [7, 11) is 1.34. The van der Waals surface area contributed by atoms with Crippen molar-refractivity contribution in [2.24, 2.45) is 0 Å². The molecule has 0 amide bonds. The Bertz CT molecular complexity index is 304. The molecule has 0 aliphatic rings. The van der Waals surface area contributed by atoms with Crippen molar-refractivity contribution in [3.05, 3.63) is 27.4 Å². The van der Waals surface area contributed by atoms with Crippen LogP contribution in [0.5, 0.6) is 0 Å². The van der Waals surface area contributed by atoms with E-state index in [0.717, 1.165) is 4.88 Å². The normalized spacial score (nSPS) is 10.5. The Kier molecular flexibility index (Phi) is 3.31. The first-order valence-corrected chi connectivity index (χ1v) is 4.43. The van der Waals surface area contributed by atoms with Gasteiger partial charge in [0.15, 0.2) is 0 Å². The van der Waals surface area contributed by atoms with Gasteiger partial charge in [-0.25, -0.2) is 4.79 Å². The van der Waals surface area contributed by atoms with E-state index in [4.69, 9.17) is 11.6 Å². The van der Waals surface area contributed by atoms with Gasteiger partial charge in [0.2, 0.25) is 0 Å². The van der Waals surface area contributed by atoms with Gasteiger partial charge in [-0.1, -0.05) is 11.6 Å². The molecule has 0 saturated heterocycles. The van der Waals surface area contributed by atoms with Gasteiger partial charge < -0.3 is 4.74 Å². The predicted octanol–water partition coefficient (Wildman–Crippen LogP) is 2.59. The summed E-state index contributed by atoms with van der Waals surface area (Å²) in [6, 6.07) is 3.62. The lowest BCUT2D eigenvalue weighted by atomic mass is 10.4. The SMILES string of the molecule is COC(=O)C=Cc1ccc(Cl)s1. The van der Waals surface area contributed by atoms with E-state index in [2.05, 4.69) is 4.74 Å². The van der Waals surface area contributed by atoms with Crippen LogP contribution in [0.15, 0.2) is 18.2 Å². The summed E-state index contributed by atoms with van der Waals surface area (Å²) in [5.41, 5.74) is 0. The van der Waals surface area contributed by atoms with Crippen LogP contribution < -0.4 is 0 Å². The van der Waals surface area contributed by atoms with E-state index >= 15 is 0 Å². The van der Waals surface area contributed by atoms with Crippen LogP contribution in [0, 0.1) is 0 Å². The fraction of sp³-hybridized carbons (Fsp3) is 0.125. The second kappa shape index (κ2) is 4.28. The zero-order chi connectivity index (χ0) is 8.97. The molecule has 0 radical (unpaired) electrons. The molecular weight excluding hydrogens is 196 g/mol. The van der Waals surface area contributed by atoms with E-state index in [0.29, 0.717) is 4.34 Å². The minimum atomic E-state index is -0.362. The molecule has 1 heterocycles. The van der Waals surface area contributed by atoms with Gasteiger partial charge in [0.05, 0.1) is 11.4 Å². The van der Waals surface area contributed by atoms with Crippen LogP contribution in [0.1, 0.15) is 4.88 Å². The molecule has 1 aromatic rings. The highest BCUT2D eigenvalue weighted by atomic mass is 35.5. The first kappa shape index (κ1) is 9.29. The number of esters is 1. The number of rotatable bonds is 2. The van der Waals surface area contributed by atoms with Gasteiger partial charge in [0, 0.05) is 11.0 Å². The molecule has 4 heteroatoms. The van der Waals surface area contributed by atoms with Crippen LogP contribution in [0.25, 0.3) is 6.08 Å². The number of halogens is 1. The standard InChI is InChI=1S/C8H7ClO2S/c1-11-8(10)5-3-6-2-4-7(9)12-6/h2-5H,1H3. The van der Waals surface area contributed by atoms with Crippen LogP contribution in [0.2, 0.25) is 4.34 Å². The summed E-state index contributed by atoms with van der Waals surface area (Å²) in [6.07, 6.45) is 3.03. The van der Waals surface area contributed by atoms with Crippen molar-refractivity contribution in [1.29, 1.82) is 0 Å². The van der Waals surface area contributed by atoms with E-state index in [9.17, 15) is 4.79 Å². The minimum Gasteiger partial charge on any atom is -0.466 e.